The van der Waals surface area contributed by atoms with Crippen LogP contribution in [0.4, 0.5) is 0 Å². The zero-order valence-electron chi connectivity index (χ0n) is 12.8. The molecular weight excluding hydrogens is 326 g/mol. The molecule has 0 amide bonds. The summed E-state index contributed by atoms with van der Waals surface area (Å²) in [6, 6.07) is 12.7. The predicted molar refractivity (Wildman–Crippen MR) is 91.7 cm³/mol. The first-order valence-electron chi connectivity index (χ1n) is 7.18. The minimum atomic E-state index is 0.114. The van der Waals surface area contributed by atoms with Crippen molar-refractivity contribution in [3.8, 4) is 5.75 Å². The molecule has 2 N–H and O–H groups in total. The van der Waals surface area contributed by atoms with Crippen LogP contribution < -0.4 is 10.5 Å². The van der Waals surface area contributed by atoms with Crippen LogP contribution in [0.25, 0.3) is 0 Å². The van der Waals surface area contributed by atoms with E-state index in [-0.39, 0.29) is 6.04 Å². The molecule has 2 rings (SSSR count). The summed E-state index contributed by atoms with van der Waals surface area (Å²) in [5.74, 6) is 0.912. The van der Waals surface area contributed by atoms with Gasteiger partial charge in [0.25, 0.3) is 0 Å². The minimum Gasteiger partial charge on any atom is -0.489 e. The van der Waals surface area contributed by atoms with Crippen molar-refractivity contribution in [1.82, 2.24) is 0 Å². The molecular formula is C18H22BrNO. The van der Waals surface area contributed by atoms with Gasteiger partial charge in [-0.1, -0.05) is 45.3 Å². The summed E-state index contributed by atoms with van der Waals surface area (Å²) in [6.07, 6.45) is 0.807. The van der Waals surface area contributed by atoms with Gasteiger partial charge in [-0.25, -0.2) is 0 Å². The van der Waals surface area contributed by atoms with Crippen LogP contribution in [0, 0.1) is 13.8 Å². The van der Waals surface area contributed by atoms with Crippen molar-refractivity contribution in [2.45, 2.75) is 39.8 Å². The molecule has 21 heavy (non-hydrogen) atoms. The van der Waals surface area contributed by atoms with Crippen LogP contribution in [0.2, 0.25) is 0 Å². The highest BCUT2D eigenvalue weighted by Gasteiger charge is 2.08. The largest absolute Gasteiger partial charge is 0.489 e. The molecule has 0 saturated carbocycles. The van der Waals surface area contributed by atoms with Crippen LogP contribution in [0.5, 0.6) is 5.75 Å². The van der Waals surface area contributed by atoms with E-state index in [4.69, 9.17) is 10.5 Å². The lowest BCUT2D eigenvalue weighted by atomic mass is 10.1. The Morgan fingerprint density at radius 1 is 1.10 bits per heavy atom. The first kappa shape index (κ1) is 16.1. The van der Waals surface area contributed by atoms with Gasteiger partial charge in [-0.2, -0.15) is 0 Å². The molecule has 2 nitrogen and oxygen atoms in total. The van der Waals surface area contributed by atoms with Crippen molar-refractivity contribution in [2.75, 3.05) is 0 Å². The van der Waals surface area contributed by atoms with Crippen molar-refractivity contribution in [2.24, 2.45) is 5.73 Å². The van der Waals surface area contributed by atoms with Crippen molar-refractivity contribution >= 4 is 15.9 Å². The van der Waals surface area contributed by atoms with E-state index in [9.17, 15) is 0 Å². The van der Waals surface area contributed by atoms with Crippen LogP contribution in [-0.4, -0.2) is 6.04 Å². The monoisotopic (exact) mass is 347 g/mol. The van der Waals surface area contributed by atoms with Crippen LogP contribution >= 0.6 is 15.9 Å². The lowest BCUT2D eigenvalue weighted by molar-refractivity contribution is 0.302. The molecule has 3 heteroatoms. The maximum atomic E-state index is 6.01. The highest BCUT2D eigenvalue weighted by Crippen LogP contribution is 2.25. The van der Waals surface area contributed by atoms with E-state index >= 15 is 0 Å². The van der Waals surface area contributed by atoms with Gasteiger partial charge in [0.15, 0.2) is 0 Å². The van der Waals surface area contributed by atoms with Gasteiger partial charge in [0, 0.05) is 10.5 Å². The number of rotatable bonds is 5. The standard InChI is InChI=1S/C18H22BrNO/c1-12-6-13(2)8-15(7-12)11-21-18-5-4-17(19)10-16(18)9-14(3)20/h4-8,10,14H,9,11,20H2,1-3H3. The fourth-order valence-corrected chi connectivity index (χ4v) is 2.92. The van der Waals surface area contributed by atoms with Gasteiger partial charge in [-0.05, 0) is 56.5 Å². The van der Waals surface area contributed by atoms with Gasteiger partial charge >= 0.3 is 0 Å². The Balaban J connectivity index is 2.15. The number of hydrogen-bond acceptors (Lipinski definition) is 2. The normalized spacial score (nSPS) is 12.2. The highest BCUT2D eigenvalue weighted by atomic mass is 79.9. The molecule has 2 aromatic rings. The number of nitrogens with two attached hydrogens (primary N) is 1. The maximum absolute atomic E-state index is 6.01. The minimum absolute atomic E-state index is 0.114. The third-order valence-corrected chi connectivity index (χ3v) is 3.73. The fraction of sp³-hybridized carbons (Fsp3) is 0.333. The average molecular weight is 348 g/mol. The Morgan fingerprint density at radius 2 is 1.76 bits per heavy atom. The molecule has 0 aromatic heterocycles. The lowest BCUT2D eigenvalue weighted by Crippen LogP contribution is -2.18. The Labute approximate surface area is 135 Å². The second-order valence-corrected chi connectivity index (χ2v) is 6.63. The summed E-state index contributed by atoms with van der Waals surface area (Å²) in [7, 11) is 0. The number of benzene rings is 2. The SMILES string of the molecule is Cc1cc(C)cc(COc2ccc(Br)cc2CC(C)N)c1. The maximum Gasteiger partial charge on any atom is 0.123 e. The number of aryl methyl sites for hydroxylation is 2. The van der Waals surface area contributed by atoms with E-state index in [0.717, 1.165) is 22.2 Å². The molecule has 1 unspecified atom stereocenters. The van der Waals surface area contributed by atoms with Crippen LogP contribution in [0.3, 0.4) is 0 Å². The van der Waals surface area contributed by atoms with Crippen molar-refractivity contribution in [3.05, 3.63) is 63.1 Å². The Kier molecular flexibility index (Phi) is 5.43. The third-order valence-electron chi connectivity index (χ3n) is 3.24. The van der Waals surface area contributed by atoms with Crippen molar-refractivity contribution in [3.63, 3.8) is 0 Å². The summed E-state index contributed by atoms with van der Waals surface area (Å²) in [5.41, 5.74) is 10.8. The molecule has 0 aliphatic carbocycles. The van der Waals surface area contributed by atoms with Gasteiger partial charge in [0.05, 0.1) is 0 Å². The summed E-state index contributed by atoms with van der Waals surface area (Å²) < 4.78 is 7.07. The first-order valence-corrected chi connectivity index (χ1v) is 7.97. The summed E-state index contributed by atoms with van der Waals surface area (Å²) in [6.45, 7) is 6.81. The van der Waals surface area contributed by atoms with Crippen LogP contribution in [-0.2, 0) is 13.0 Å². The molecule has 0 bridgehead atoms. The lowest BCUT2D eigenvalue weighted by Gasteiger charge is -2.14. The molecule has 1 atom stereocenters. The third kappa shape index (κ3) is 4.87. The quantitative estimate of drug-likeness (QED) is 0.861. The van der Waals surface area contributed by atoms with E-state index in [0.29, 0.717) is 6.61 Å². The second-order valence-electron chi connectivity index (χ2n) is 5.72. The Hall–Kier alpha value is -1.32. The van der Waals surface area contributed by atoms with E-state index in [1.165, 1.54) is 16.7 Å². The summed E-state index contributed by atoms with van der Waals surface area (Å²) >= 11 is 3.50. The van der Waals surface area contributed by atoms with Crippen LogP contribution in [0.1, 0.15) is 29.2 Å². The number of hydrogen-bond donors (Lipinski definition) is 1. The Morgan fingerprint density at radius 3 is 2.38 bits per heavy atom. The zero-order chi connectivity index (χ0) is 15.4. The van der Waals surface area contributed by atoms with Gasteiger partial charge in [-0.3, -0.25) is 0 Å². The molecule has 112 valence electrons. The van der Waals surface area contributed by atoms with Gasteiger partial charge < -0.3 is 10.5 Å². The molecule has 2 aromatic carbocycles. The van der Waals surface area contributed by atoms with Crippen molar-refractivity contribution < 1.29 is 4.74 Å². The summed E-state index contributed by atoms with van der Waals surface area (Å²) in [5, 5.41) is 0. The number of ether oxygens (including phenoxy) is 1. The molecule has 0 heterocycles. The molecule has 0 saturated heterocycles. The van der Waals surface area contributed by atoms with Gasteiger partial charge in [0.2, 0.25) is 0 Å². The fourth-order valence-electron chi connectivity index (χ4n) is 2.51. The van der Waals surface area contributed by atoms with Crippen molar-refractivity contribution in [1.29, 1.82) is 0 Å². The van der Waals surface area contributed by atoms with E-state index in [1.807, 2.05) is 19.1 Å². The van der Waals surface area contributed by atoms with E-state index in [1.54, 1.807) is 0 Å². The molecule has 0 aliphatic heterocycles. The topological polar surface area (TPSA) is 35.2 Å². The zero-order valence-corrected chi connectivity index (χ0v) is 14.4. The smallest absolute Gasteiger partial charge is 0.123 e. The summed E-state index contributed by atoms with van der Waals surface area (Å²) in [4.78, 5) is 0. The first-order chi connectivity index (χ1) is 9.94. The van der Waals surface area contributed by atoms with E-state index < -0.39 is 0 Å². The predicted octanol–water partition coefficient (Wildman–Crippen LogP) is 4.53. The van der Waals surface area contributed by atoms with Gasteiger partial charge in [-0.15, -0.1) is 0 Å². The van der Waals surface area contributed by atoms with Gasteiger partial charge in [0.1, 0.15) is 12.4 Å². The van der Waals surface area contributed by atoms with E-state index in [2.05, 4.69) is 54.0 Å². The average Bonchev–Trinajstić information content (AvgIpc) is 2.36. The second kappa shape index (κ2) is 7.10. The Bertz CT molecular complexity index is 602. The highest BCUT2D eigenvalue weighted by molar-refractivity contribution is 9.10. The molecule has 0 radical (unpaired) electrons. The van der Waals surface area contributed by atoms with Crippen LogP contribution in [0.15, 0.2) is 40.9 Å². The number of halogens is 1. The molecule has 0 fully saturated rings. The molecule has 0 spiro atoms. The molecule has 0 aliphatic rings.